The molecule has 1 aliphatic carbocycles. The Morgan fingerprint density at radius 1 is 1.22 bits per heavy atom. The van der Waals surface area contributed by atoms with Gasteiger partial charge >= 0.3 is 0 Å². The van der Waals surface area contributed by atoms with Gasteiger partial charge in [0.05, 0.1) is 18.8 Å². The molecular formula is C17H27FN2O3. The van der Waals surface area contributed by atoms with E-state index in [0.717, 1.165) is 25.4 Å². The van der Waals surface area contributed by atoms with E-state index in [4.69, 9.17) is 4.74 Å². The summed E-state index contributed by atoms with van der Waals surface area (Å²) in [5.41, 5.74) is -1.73. The normalized spacial score (nSPS) is 33.0. The first-order chi connectivity index (χ1) is 11.0. The molecular weight excluding hydrogens is 299 g/mol. The SMILES string of the molecule is O=C(N1CC2(CC(CO)CN2CC2CC2)C1)C1(F)CCOCC1. The summed E-state index contributed by atoms with van der Waals surface area (Å²) in [4.78, 5) is 16.7. The molecule has 3 aliphatic heterocycles. The third-order valence-corrected chi connectivity index (χ3v) is 6.18. The second-order valence-corrected chi connectivity index (χ2v) is 8.06. The zero-order valence-corrected chi connectivity index (χ0v) is 13.7. The number of nitrogens with zero attached hydrogens (tertiary/aromatic N) is 2. The highest BCUT2D eigenvalue weighted by molar-refractivity contribution is 5.86. The van der Waals surface area contributed by atoms with Crippen molar-refractivity contribution in [1.82, 2.24) is 9.80 Å². The van der Waals surface area contributed by atoms with Crippen molar-refractivity contribution >= 4 is 5.91 Å². The van der Waals surface area contributed by atoms with Crippen molar-refractivity contribution in [1.29, 1.82) is 0 Å². The van der Waals surface area contributed by atoms with Gasteiger partial charge in [0.15, 0.2) is 5.67 Å². The smallest absolute Gasteiger partial charge is 0.260 e. The number of hydrogen-bond donors (Lipinski definition) is 1. The average Bonchev–Trinajstić information content (AvgIpc) is 3.24. The van der Waals surface area contributed by atoms with Crippen molar-refractivity contribution in [3.63, 3.8) is 0 Å². The molecule has 1 amide bonds. The summed E-state index contributed by atoms with van der Waals surface area (Å²) < 4.78 is 20.0. The van der Waals surface area contributed by atoms with Crippen molar-refractivity contribution in [3.8, 4) is 0 Å². The molecule has 0 aromatic carbocycles. The minimum absolute atomic E-state index is 0.00677. The lowest BCUT2D eigenvalue weighted by Crippen LogP contribution is -2.71. The Morgan fingerprint density at radius 3 is 2.52 bits per heavy atom. The monoisotopic (exact) mass is 326 g/mol. The summed E-state index contributed by atoms with van der Waals surface area (Å²) in [5.74, 6) is 0.746. The molecule has 130 valence electrons. The number of ether oxygens (including phenoxy) is 1. The number of carbonyl (C=O) groups excluding carboxylic acids is 1. The van der Waals surface area contributed by atoms with Gasteiger partial charge in [-0.05, 0) is 31.1 Å². The van der Waals surface area contributed by atoms with Crippen LogP contribution in [0.2, 0.25) is 0 Å². The molecule has 1 unspecified atom stereocenters. The van der Waals surface area contributed by atoms with Crippen LogP contribution in [0.25, 0.3) is 0 Å². The lowest BCUT2D eigenvalue weighted by molar-refractivity contribution is -0.163. The van der Waals surface area contributed by atoms with Gasteiger partial charge in [0.1, 0.15) is 0 Å². The molecule has 4 fully saturated rings. The molecule has 4 aliphatic rings. The van der Waals surface area contributed by atoms with Crippen LogP contribution in [0.5, 0.6) is 0 Å². The number of halogens is 1. The van der Waals surface area contributed by atoms with E-state index >= 15 is 0 Å². The van der Waals surface area contributed by atoms with Crippen LogP contribution in [0.15, 0.2) is 0 Å². The second kappa shape index (κ2) is 5.67. The van der Waals surface area contributed by atoms with E-state index in [1.807, 2.05) is 0 Å². The van der Waals surface area contributed by atoms with Crippen LogP contribution in [-0.4, -0.2) is 78.0 Å². The van der Waals surface area contributed by atoms with E-state index in [2.05, 4.69) is 4.90 Å². The summed E-state index contributed by atoms with van der Waals surface area (Å²) in [6.45, 7) is 4.13. The van der Waals surface area contributed by atoms with Gasteiger partial charge in [-0.2, -0.15) is 0 Å². The molecule has 0 radical (unpaired) electrons. The van der Waals surface area contributed by atoms with Gasteiger partial charge in [0, 0.05) is 45.6 Å². The van der Waals surface area contributed by atoms with Crippen LogP contribution >= 0.6 is 0 Å². The van der Waals surface area contributed by atoms with E-state index in [9.17, 15) is 14.3 Å². The predicted octanol–water partition coefficient (Wildman–Crippen LogP) is 0.810. The Balaban J connectivity index is 1.40. The minimum atomic E-state index is -1.73. The first kappa shape index (κ1) is 15.8. The van der Waals surface area contributed by atoms with Gasteiger partial charge in [-0.3, -0.25) is 9.69 Å². The number of carbonyl (C=O) groups is 1. The standard InChI is InChI=1S/C17H27FN2O3/c18-17(3-5-23-6-4-17)15(22)19-11-16(12-19)7-14(10-21)9-20(16)8-13-1-2-13/h13-14,21H,1-12H2. The zero-order valence-electron chi connectivity index (χ0n) is 13.7. The molecule has 0 bridgehead atoms. The maximum atomic E-state index is 14.8. The van der Waals surface area contributed by atoms with E-state index in [1.165, 1.54) is 12.8 Å². The number of aliphatic hydroxyl groups excluding tert-OH is 1. The molecule has 3 saturated heterocycles. The largest absolute Gasteiger partial charge is 0.396 e. The average molecular weight is 326 g/mol. The number of rotatable bonds is 4. The third kappa shape index (κ3) is 2.79. The fourth-order valence-electron chi connectivity index (χ4n) is 4.57. The van der Waals surface area contributed by atoms with Crippen molar-refractivity contribution in [2.24, 2.45) is 11.8 Å². The fraction of sp³-hybridized carbons (Fsp3) is 0.941. The first-order valence-electron chi connectivity index (χ1n) is 8.97. The second-order valence-electron chi connectivity index (χ2n) is 8.06. The number of likely N-dealkylation sites (tertiary alicyclic amines) is 2. The highest BCUT2D eigenvalue weighted by atomic mass is 19.1. The van der Waals surface area contributed by atoms with E-state index < -0.39 is 5.67 Å². The van der Waals surface area contributed by atoms with Gasteiger partial charge in [0.25, 0.3) is 5.91 Å². The van der Waals surface area contributed by atoms with Crippen LogP contribution in [-0.2, 0) is 9.53 Å². The zero-order chi connectivity index (χ0) is 16.1. The molecule has 6 heteroatoms. The number of amides is 1. The van der Waals surface area contributed by atoms with E-state index in [0.29, 0.717) is 32.2 Å². The Morgan fingerprint density at radius 2 is 1.91 bits per heavy atom. The molecule has 3 heterocycles. The molecule has 23 heavy (non-hydrogen) atoms. The predicted molar refractivity (Wildman–Crippen MR) is 82.7 cm³/mol. The Kier molecular flexibility index (Phi) is 3.89. The summed E-state index contributed by atoms with van der Waals surface area (Å²) in [5, 5.41) is 9.52. The fourth-order valence-corrected chi connectivity index (χ4v) is 4.57. The van der Waals surface area contributed by atoms with Gasteiger partial charge in [-0.25, -0.2) is 4.39 Å². The Bertz CT molecular complexity index is 470. The number of hydrogen-bond acceptors (Lipinski definition) is 4. The molecule has 0 aromatic rings. The molecule has 1 saturated carbocycles. The van der Waals surface area contributed by atoms with Gasteiger partial charge in [-0.15, -0.1) is 0 Å². The maximum absolute atomic E-state index is 14.8. The van der Waals surface area contributed by atoms with E-state index in [1.54, 1.807) is 4.90 Å². The highest BCUT2D eigenvalue weighted by Gasteiger charge is 2.57. The number of aliphatic hydroxyl groups is 1. The van der Waals surface area contributed by atoms with Crippen LogP contribution in [0.3, 0.4) is 0 Å². The molecule has 1 spiro atoms. The quantitative estimate of drug-likeness (QED) is 0.831. The van der Waals surface area contributed by atoms with E-state index in [-0.39, 0.29) is 30.9 Å². The minimum Gasteiger partial charge on any atom is -0.396 e. The summed E-state index contributed by atoms with van der Waals surface area (Å²) >= 11 is 0. The molecule has 5 nitrogen and oxygen atoms in total. The van der Waals surface area contributed by atoms with Crippen molar-refractivity contribution in [3.05, 3.63) is 0 Å². The van der Waals surface area contributed by atoms with Gasteiger partial charge in [-0.1, -0.05) is 0 Å². The van der Waals surface area contributed by atoms with Crippen LogP contribution in [0, 0.1) is 11.8 Å². The van der Waals surface area contributed by atoms with Crippen LogP contribution in [0.4, 0.5) is 4.39 Å². The summed E-state index contributed by atoms with van der Waals surface area (Å²) in [6, 6.07) is 0. The Labute approximate surface area is 136 Å². The van der Waals surface area contributed by atoms with Crippen LogP contribution < -0.4 is 0 Å². The molecule has 4 rings (SSSR count). The lowest BCUT2D eigenvalue weighted by atomic mass is 9.82. The van der Waals surface area contributed by atoms with Crippen molar-refractivity contribution in [2.45, 2.75) is 43.3 Å². The summed E-state index contributed by atoms with van der Waals surface area (Å²) in [7, 11) is 0. The first-order valence-corrected chi connectivity index (χ1v) is 8.97. The summed E-state index contributed by atoms with van der Waals surface area (Å²) in [6.07, 6.45) is 3.89. The molecule has 1 N–H and O–H groups in total. The van der Waals surface area contributed by atoms with Crippen LogP contribution in [0.1, 0.15) is 32.1 Å². The Hall–Kier alpha value is -0.720. The van der Waals surface area contributed by atoms with Gasteiger partial charge < -0.3 is 14.7 Å². The van der Waals surface area contributed by atoms with Crippen molar-refractivity contribution < 1.29 is 19.0 Å². The molecule has 1 atom stereocenters. The van der Waals surface area contributed by atoms with Gasteiger partial charge in [0.2, 0.25) is 0 Å². The topological polar surface area (TPSA) is 53.0 Å². The maximum Gasteiger partial charge on any atom is 0.260 e. The van der Waals surface area contributed by atoms with Crippen molar-refractivity contribution in [2.75, 3.05) is 46.0 Å². The third-order valence-electron chi connectivity index (χ3n) is 6.18. The highest BCUT2D eigenvalue weighted by Crippen LogP contribution is 2.44. The number of alkyl halides is 1. The molecule has 0 aromatic heterocycles. The lowest BCUT2D eigenvalue weighted by Gasteiger charge is -2.54.